The number of carbonyl (C=O) groups is 1. The van der Waals surface area contributed by atoms with Gasteiger partial charge in [-0.2, -0.15) is 0 Å². The van der Waals surface area contributed by atoms with Crippen molar-refractivity contribution in [3.05, 3.63) is 35.4 Å². The molecule has 1 atom stereocenters. The lowest BCUT2D eigenvalue weighted by Crippen LogP contribution is -2.42. The van der Waals surface area contributed by atoms with Crippen LogP contribution in [0.1, 0.15) is 23.2 Å². The molecule has 0 bridgehead atoms. The van der Waals surface area contributed by atoms with Crippen LogP contribution < -0.4 is 0 Å². The molecule has 1 aliphatic rings. The fourth-order valence-corrected chi connectivity index (χ4v) is 4.40. The summed E-state index contributed by atoms with van der Waals surface area (Å²) in [5, 5.41) is 0. The molecule has 23 heavy (non-hydrogen) atoms. The second kappa shape index (κ2) is 7.35. The molecule has 0 spiro atoms. The van der Waals surface area contributed by atoms with Crippen LogP contribution in [0.5, 0.6) is 0 Å². The number of hydrogen-bond donors (Lipinski definition) is 0. The first-order valence-corrected chi connectivity index (χ1v) is 9.11. The molecule has 0 N–H and O–H groups in total. The van der Waals surface area contributed by atoms with E-state index in [0.717, 1.165) is 12.1 Å². The zero-order valence-corrected chi connectivity index (χ0v) is 13.6. The van der Waals surface area contributed by atoms with Crippen LogP contribution in [-0.2, 0) is 14.6 Å². The Morgan fingerprint density at radius 2 is 2.13 bits per heavy atom. The highest BCUT2D eigenvalue weighted by molar-refractivity contribution is 7.91. The lowest BCUT2D eigenvalue weighted by atomic mass is 10.1. The summed E-state index contributed by atoms with van der Waals surface area (Å²) in [4.78, 5) is 14.0. The van der Waals surface area contributed by atoms with E-state index in [1.54, 1.807) is 0 Å². The van der Waals surface area contributed by atoms with Crippen LogP contribution in [0, 0.1) is 11.6 Å². The Kier molecular flexibility index (Phi) is 5.69. The average Bonchev–Trinajstić information content (AvgIpc) is 2.83. The second-order valence-corrected chi connectivity index (χ2v) is 7.75. The van der Waals surface area contributed by atoms with Crippen LogP contribution in [0.3, 0.4) is 0 Å². The minimum Gasteiger partial charge on any atom is -0.385 e. The molecule has 1 amide bonds. The number of hydrogen-bond acceptors (Lipinski definition) is 4. The third-order valence-corrected chi connectivity index (χ3v) is 5.57. The van der Waals surface area contributed by atoms with E-state index in [0.29, 0.717) is 25.5 Å². The molecule has 1 aromatic rings. The Bertz CT molecular complexity index is 678. The number of nitrogens with zero attached hydrogens (tertiary/aromatic N) is 1. The molecule has 0 aromatic heterocycles. The van der Waals surface area contributed by atoms with Crippen LogP contribution in [0.2, 0.25) is 0 Å². The number of methoxy groups -OCH3 is 1. The lowest BCUT2D eigenvalue weighted by molar-refractivity contribution is 0.0669. The van der Waals surface area contributed by atoms with E-state index in [4.69, 9.17) is 4.74 Å². The number of halogens is 2. The normalized spacial score (nSPS) is 19.7. The predicted octanol–water partition coefficient (Wildman–Crippen LogP) is 1.63. The summed E-state index contributed by atoms with van der Waals surface area (Å²) in [6, 6.07) is 2.25. The van der Waals surface area contributed by atoms with Crippen molar-refractivity contribution < 1.29 is 26.7 Å². The Morgan fingerprint density at radius 1 is 1.39 bits per heavy atom. The molecule has 0 radical (unpaired) electrons. The summed E-state index contributed by atoms with van der Waals surface area (Å²) >= 11 is 0. The van der Waals surface area contributed by atoms with Gasteiger partial charge in [-0.3, -0.25) is 4.79 Å². The maximum atomic E-state index is 13.9. The maximum absolute atomic E-state index is 13.9. The lowest BCUT2D eigenvalue weighted by Gasteiger charge is -2.28. The van der Waals surface area contributed by atoms with Gasteiger partial charge in [0.15, 0.2) is 9.84 Å². The highest BCUT2D eigenvalue weighted by Crippen LogP contribution is 2.21. The van der Waals surface area contributed by atoms with Gasteiger partial charge in [-0.15, -0.1) is 0 Å². The molecule has 1 heterocycles. The summed E-state index contributed by atoms with van der Waals surface area (Å²) in [5.41, 5.74) is -0.256. The molecule has 2 rings (SSSR count). The first-order valence-electron chi connectivity index (χ1n) is 7.29. The molecule has 5 nitrogen and oxygen atoms in total. The standard InChI is InChI=1S/C15H19F2NO4S/c1-22-7-2-6-18(12-5-8-23(20,21)10-12)15(19)13-4-3-11(16)9-14(13)17/h3-4,9,12H,2,5-8,10H2,1H3. The van der Waals surface area contributed by atoms with E-state index in [9.17, 15) is 22.0 Å². The highest BCUT2D eigenvalue weighted by Gasteiger charge is 2.35. The molecule has 1 saturated heterocycles. The van der Waals surface area contributed by atoms with E-state index < -0.39 is 33.4 Å². The molecular formula is C15H19F2NO4S. The number of amides is 1. The number of rotatable bonds is 6. The Hall–Kier alpha value is -1.54. The summed E-state index contributed by atoms with van der Waals surface area (Å²) in [6.07, 6.45) is 0.825. The quantitative estimate of drug-likeness (QED) is 0.734. The molecule has 1 fully saturated rings. The largest absolute Gasteiger partial charge is 0.385 e. The summed E-state index contributed by atoms with van der Waals surface area (Å²) < 4.78 is 55.1. The summed E-state index contributed by atoms with van der Waals surface area (Å²) in [6.45, 7) is 0.652. The van der Waals surface area contributed by atoms with Crippen molar-refractivity contribution >= 4 is 15.7 Å². The van der Waals surface area contributed by atoms with E-state index in [2.05, 4.69) is 0 Å². The number of carbonyl (C=O) groups excluding carboxylic acids is 1. The molecule has 0 aliphatic carbocycles. The summed E-state index contributed by atoms with van der Waals surface area (Å²) in [7, 11) is -1.66. The van der Waals surface area contributed by atoms with Gasteiger partial charge in [-0.05, 0) is 25.0 Å². The van der Waals surface area contributed by atoms with E-state index >= 15 is 0 Å². The minimum atomic E-state index is -3.18. The van der Waals surface area contributed by atoms with Gasteiger partial charge in [0.05, 0.1) is 17.1 Å². The zero-order chi connectivity index (χ0) is 17.0. The van der Waals surface area contributed by atoms with Crippen molar-refractivity contribution in [3.8, 4) is 0 Å². The van der Waals surface area contributed by atoms with E-state index in [1.807, 2.05) is 0 Å². The van der Waals surface area contributed by atoms with E-state index in [-0.39, 0.29) is 23.6 Å². The van der Waals surface area contributed by atoms with Crippen molar-refractivity contribution in [3.63, 3.8) is 0 Å². The average molecular weight is 347 g/mol. The predicted molar refractivity (Wildman–Crippen MR) is 80.9 cm³/mol. The fourth-order valence-electron chi connectivity index (χ4n) is 2.67. The Morgan fingerprint density at radius 3 is 2.70 bits per heavy atom. The topological polar surface area (TPSA) is 63.7 Å². The van der Waals surface area contributed by atoms with Gasteiger partial charge in [0.1, 0.15) is 11.6 Å². The number of sulfone groups is 1. The van der Waals surface area contributed by atoms with Crippen molar-refractivity contribution in [2.45, 2.75) is 18.9 Å². The van der Waals surface area contributed by atoms with Gasteiger partial charge >= 0.3 is 0 Å². The van der Waals surface area contributed by atoms with Gasteiger partial charge in [0.25, 0.3) is 5.91 Å². The van der Waals surface area contributed by atoms with Crippen LogP contribution in [0.25, 0.3) is 0 Å². The molecule has 1 aromatic carbocycles. The second-order valence-electron chi connectivity index (χ2n) is 5.53. The van der Waals surface area contributed by atoms with E-state index in [1.165, 1.54) is 12.0 Å². The van der Waals surface area contributed by atoms with Crippen molar-refractivity contribution in [2.24, 2.45) is 0 Å². The molecule has 128 valence electrons. The third kappa shape index (κ3) is 4.48. The first-order chi connectivity index (χ1) is 10.8. The molecule has 1 aliphatic heterocycles. The van der Waals surface area contributed by atoms with Gasteiger partial charge < -0.3 is 9.64 Å². The molecule has 1 unspecified atom stereocenters. The number of benzene rings is 1. The summed E-state index contributed by atoms with van der Waals surface area (Å²) in [5.74, 6) is -2.46. The highest BCUT2D eigenvalue weighted by atomic mass is 32.2. The van der Waals surface area contributed by atoms with Crippen molar-refractivity contribution in [1.82, 2.24) is 4.90 Å². The minimum absolute atomic E-state index is 0.0115. The SMILES string of the molecule is COCCCN(C(=O)c1ccc(F)cc1F)C1CCS(=O)(=O)C1. The van der Waals surface area contributed by atoms with Crippen LogP contribution >= 0.6 is 0 Å². The monoisotopic (exact) mass is 347 g/mol. The first kappa shape index (κ1) is 17.8. The van der Waals surface area contributed by atoms with Crippen LogP contribution in [0.15, 0.2) is 18.2 Å². The third-order valence-electron chi connectivity index (χ3n) is 3.82. The molecular weight excluding hydrogens is 328 g/mol. The van der Waals surface area contributed by atoms with Gasteiger partial charge in [-0.1, -0.05) is 0 Å². The Labute approximate surface area is 134 Å². The molecule has 8 heteroatoms. The van der Waals surface area contributed by atoms with Gasteiger partial charge in [-0.25, -0.2) is 17.2 Å². The smallest absolute Gasteiger partial charge is 0.257 e. The molecule has 0 saturated carbocycles. The number of ether oxygens (including phenoxy) is 1. The fraction of sp³-hybridized carbons (Fsp3) is 0.533. The van der Waals surface area contributed by atoms with Crippen molar-refractivity contribution in [2.75, 3.05) is 31.8 Å². The Balaban J connectivity index is 2.23. The zero-order valence-electron chi connectivity index (χ0n) is 12.8. The maximum Gasteiger partial charge on any atom is 0.257 e. The van der Waals surface area contributed by atoms with Crippen LogP contribution in [-0.4, -0.2) is 57.0 Å². The van der Waals surface area contributed by atoms with Crippen molar-refractivity contribution in [1.29, 1.82) is 0 Å². The van der Waals surface area contributed by atoms with Gasteiger partial charge in [0.2, 0.25) is 0 Å². The van der Waals surface area contributed by atoms with Crippen LogP contribution in [0.4, 0.5) is 8.78 Å². The van der Waals surface area contributed by atoms with Gasteiger partial charge in [0, 0.05) is 32.4 Å².